The molecule has 4 rings (SSSR count). The topological polar surface area (TPSA) is 38.7 Å². The molecule has 0 bridgehead atoms. The fourth-order valence-electron chi connectivity index (χ4n) is 4.04. The molecule has 0 aliphatic carbocycles. The lowest BCUT2D eigenvalue weighted by Crippen LogP contribution is -2.42. The molecule has 2 aromatic rings. The molecular formula is C23H20Cl2F3NO2S. The molecule has 0 spiro atoms. The summed E-state index contributed by atoms with van der Waals surface area (Å²) in [5.41, 5.74) is -0.990. The molecular weight excluding hydrogens is 482 g/mol. The molecule has 1 fully saturated rings. The summed E-state index contributed by atoms with van der Waals surface area (Å²) >= 11 is 13.7. The van der Waals surface area contributed by atoms with Gasteiger partial charge in [-0.1, -0.05) is 47.4 Å². The average Bonchev–Trinajstić information content (AvgIpc) is 3.12. The molecule has 1 atom stereocenters. The molecule has 9 heteroatoms. The number of alkyl halides is 3. The third kappa shape index (κ3) is 4.27. The second kappa shape index (κ2) is 8.26. The minimum absolute atomic E-state index is 0.0147. The Balaban J connectivity index is 1.61. The maximum atomic E-state index is 14.2. The fraction of sp³-hybridized carbons (Fsp3) is 0.391. The van der Waals surface area contributed by atoms with Gasteiger partial charge in [-0.15, -0.1) is 0 Å². The summed E-state index contributed by atoms with van der Waals surface area (Å²) in [5, 5.41) is 3.93. The number of ketones is 1. The number of thioether (sulfide) groups is 1. The van der Waals surface area contributed by atoms with E-state index in [9.17, 15) is 18.0 Å². The molecule has 3 nitrogen and oxygen atoms in total. The van der Waals surface area contributed by atoms with Crippen LogP contribution >= 0.6 is 35.0 Å². The van der Waals surface area contributed by atoms with Crippen molar-refractivity contribution >= 4 is 46.5 Å². The lowest BCUT2D eigenvalue weighted by Gasteiger charge is -2.37. The molecule has 0 radical (unpaired) electrons. The van der Waals surface area contributed by atoms with Crippen LogP contribution in [0.1, 0.15) is 46.8 Å². The van der Waals surface area contributed by atoms with Crippen LogP contribution in [-0.2, 0) is 10.4 Å². The molecule has 0 N–H and O–H groups in total. The molecule has 170 valence electrons. The summed E-state index contributed by atoms with van der Waals surface area (Å²) in [6, 6.07) is 8.70. The van der Waals surface area contributed by atoms with E-state index in [2.05, 4.69) is 12.1 Å². The molecule has 2 aliphatic heterocycles. The van der Waals surface area contributed by atoms with Gasteiger partial charge in [0.15, 0.2) is 5.78 Å². The Kier molecular flexibility index (Phi) is 6.06. The summed E-state index contributed by atoms with van der Waals surface area (Å²) in [4.78, 5) is 17.8. The number of hydrogen-bond donors (Lipinski definition) is 0. The van der Waals surface area contributed by atoms with Crippen molar-refractivity contribution in [1.29, 1.82) is 0 Å². The number of carbonyl (C=O) groups excluding carboxylic acids is 1. The molecule has 2 aliphatic rings. The third-order valence-corrected chi connectivity index (χ3v) is 8.10. The number of halogens is 5. The van der Waals surface area contributed by atoms with E-state index in [1.807, 2.05) is 11.8 Å². The maximum absolute atomic E-state index is 14.2. The van der Waals surface area contributed by atoms with Gasteiger partial charge in [0.2, 0.25) is 0 Å². The lowest BCUT2D eigenvalue weighted by atomic mass is 9.84. The van der Waals surface area contributed by atoms with Gasteiger partial charge in [0.05, 0.1) is 5.71 Å². The predicted molar refractivity (Wildman–Crippen MR) is 122 cm³/mol. The minimum atomic E-state index is -4.76. The quantitative estimate of drug-likeness (QED) is 0.406. The highest BCUT2D eigenvalue weighted by Crippen LogP contribution is 2.50. The van der Waals surface area contributed by atoms with Gasteiger partial charge in [-0.05, 0) is 59.2 Å². The minimum Gasteiger partial charge on any atom is -0.374 e. The third-order valence-electron chi connectivity index (χ3n) is 5.86. The van der Waals surface area contributed by atoms with E-state index in [-0.39, 0.29) is 32.5 Å². The van der Waals surface area contributed by atoms with Crippen molar-refractivity contribution < 1.29 is 22.8 Å². The van der Waals surface area contributed by atoms with Gasteiger partial charge in [0.25, 0.3) is 5.60 Å². The summed E-state index contributed by atoms with van der Waals surface area (Å²) in [7, 11) is 0. The Labute approximate surface area is 198 Å². The largest absolute Gasteiger partial charge is 0.435 e. The Morgan fingerprint density at radius 2 is 1.81 bits per heavy atom. The Hall–Kier alpha value is -1.70. The van der Waals surface area contributed by atoms with Crippen molar-refractivity contribution in [3.63, 3.8) is 0 Å². The fourth-order valence-corrected chi connectivity index (χ4v) is 5.67. The molecule has 1 unspecified atom stereocenters. The average molecular weight is 502 g/mol. The number of oxime groups is 1. The van der Waals surface area contributed by atoms with Crippen LogP contribution in [-0.4, -0.2) is 29.2 Å². The lowest BCUT2D eigenvalue weighted by molar-refractivity contribution is -0.275. The zero-order valence-electron chi connectivity index (χ0n) is 17.4. The van der Waals surface area contributed by atoms with Crippen LogP contribution in [0.25, 0.3) is 0 Å². The van der Waals surface area contributed by atoms with Gasteiger partial charge in [-0.2, -0.15) is 24.9 Å². The first-order chi connectivity index (χ1) is 14.9. The van der Waals surface area contributed by atoms with Crippen LogP contribution < -0.4 is 0 Å². The predicted octanol–water partition coefficient (Wildman–Crippen LogP) is 7.21. The molecule has 32 heavy (non-hydrogen) atoms. The normalized spacial score (nSPS) is 22.2. The van der Waals surface area contributed by atoms with E-state index >= 15 is 0 Å². The Bertz CT molecular complexity index is 1090. The van der Waals surface area contributed by atoms with Gasteiger partial charge >= 0.3 is 6.18 Å². The highest BCUT2D eigenvalue weighted by molar-refractivity contribution is 8.00. The monoisotopic (exact) mass is 501 g/mol. The van der Waals surface area contributed by atoms with Gasteiger partial charge < -0.3 is 4.84 Å². The molecule has 2 aromatic carbocycles. The van der Waals surface area contributed by atoms with Crippen molar-refractivity contribution in [2.24, 2.45) is 10.6 Å². The molecule has 0 amide bonds. The highest BCUT2D eigenvalue weighted by Gasteiger charge is 2.62. The zero-order chi connectivity index (χ0) is 23.3. The van der Waals surface area contributed by atoms with E-state index in [1.54, 1.807) is 25.1 Å². The highest BCUT2D eigenvalue weighted by atomic mass is 35.5. The second-order valence-corrected chi connectivity index (χ2v) is 10.6. The number of hydrogen-bond acceptors (Lipinski definition) is 4. The molecule has 0 aromatic heterocycles. The smallest absolute Gasteiger partial charge is 0.374 e. The van der Waals surface area contributed by atoms with E-state index in [0.717, 1.165) is 11.5 Å². The Morgan fingerprint density at radius 3 is 2.34 bits per heavy atom. The molecule has 0 saturated carbocycles. The number of Topliss-reactive ketones (excluding diaryl/α,β-unsaturated/α-hetero) is 1. The Morgan fingerprint density at radius 1 is 1.16 bits per heavy atom. The molecule has 2 heterocycles. The SMILES string of the molecule is Cc1cc(C2=NOC(c3cc(Cl)cc(Cl)c3)(C(F)(F)F)C2)ccc1C(=O)CC1(C)CSC1. The summed E-state index contributed by atoms with van der Waals surface area (Å²) in [6.45, 7) is 3.87. The van der Waals surface area contributed by atoms with Crippen molar-refractivity contribution in [1.82, 2.24) is 0 Å². The first-order valence-corrected chi connectivity index (χ1v) is 11.8. The van der Waals surface area contributed by atoms with Crippen molar-refractivity contribution in [2.75, 3.05) is 11.5 Å². The van der Waals surface area contributed by atoms with Crippen LogP contribution in [0.4, 0.5) is 13.2 Å². The van der Waals surface area contributed by atoms with E-state index in [4.69, 9.17) is 28.0 Å². The van der Waals surface area contributed by atoms with Gasteiger partial charge in [-0.25, -0.2) is 0 Å². The van der Waals surface area contributed by atoms with Crippen LogP contribution in [0.3, 0.4) is 0 Å². The summed E-state index contributed by atoms with van der Waals surface area (Å²) in [6.07, 6.45) is -4.83. The van der Waals surface area contributed by atoms with Crippen LogP contribution in [0, 0.1) is 12.3 Å². The van der Waals surface area contributed by atoms with E-state index < -0.39 is 18.2 Å². The number of nitrogens with zero attached hydrogens (tertiary/aromatic N) is 1. The number of carbonyl (C=O) groups is 1. The first-order valence-electron chi connectivity index (χ1n) is 9.93. The first kappa shape index (κ1) is 23.5. The summed E-state index contributed by atoms with van der Waals surface area (Å²) < 4.78 is 42.5. The van der Waals surface area contributed by atoms with Gasteiger partial charge in [0.1, 0.15) is 0 Å². The van der Waals surface area contributed by atoms with Crippen LogP contribution in [0.15, 0.2) is 41.6 Å². The van der Waals surface area contributed by atoms with E-state index in [0.29, 0.717) is 23.1 Å². The zero-order valence-corrected chi connectivity index (χ0v) is 19.7. The number of rotatable bonds is 5. The van der Waals surface area contributed by atoms with Crippen molar-refractivity contribution in [2.45, 2.75) is 38.5 Å². The van der Waals surface area contributed by atoms with Crippen molar-refractivity contribution in [3.8, 4) is 0 Å². The molecule has 1 saturated heterocycles. The van der Waals surface area contributed by atoms with Gasteiger partial charge in [-0.3, -0.25) is 4.79 Å². The second-order valence-electron chi connectivity index (χ2n) is 8.72. The standard InChI is InChI=1S/C23H20Cl2F3NO2S/c1-13-5-14(3-4-18(13)20(30)10-21(2)11-32-12-21)19-9-22(31-29-19,23(26,27)28)15-6-16(24)8-17(25)7-15/h3-8H,9-12H2,1-2H3. The van der Waals surface area contributed by atoms with Crippen molar-refractivity contribution in [3.05, 3.63) is 68.7 Å². The van der Waals surface area contributed by atoms with Crippen LogP contribution in [0.2, 0.25) is 10.0 Å². The number of benzene rings is 2. The summed E-state index contributed by atoms with van der Waals surface area (Å²) in [5.74, 6) is 1.95. The number of aryl methyl sites for hydroxylation is 1. The van der Waals surface area contributed by atoms with Gasteiger partial charge in [0, 0.05) is 34.0 Å². The van der Waals surface area contributed by atoms with E-state index in [1.165, 1.54) is 18.2 Å². The van der Waals surface area contributed by atoms with Crippen LogP contribution in [0.5, 0.6) is 0 Å². The maximum Gasteiger partial charge on any atom is 0.435 e.